The van der Waals surface area contributed by atoms with Crippen LogP contribution in [0.4, 0.5) is 0 Å². The summed E-state index contributed by atoms with van der Waals surface area (Å²) in [5, 5.41) is 3.49. The zero-order valence-corrected chi connectivity index (χ0v) is 18.6. The highest BCUT2D eigenvalue weighted by molar-refractivity contribution is 6.30. The highest BCUT2D eigenvalue weighted by Crippen LogP contribution is 2.18. The molecule has 2 amide bonds. The largest absolute Gasteiger partial charge is 0.497 e. The highest BCUT2D eigenvalue weighted by Gasteiger charge is 2.29. The molecule has 0 fully saturated rings. The van der Waals surface area contributed by atoms with E-state index in [1.54, 1.807) is 36.3 Å². The van der Waals surface area contributed by atoms with Crippen molar-refractivity contribution >= 4 is 23.4 Å². The SMILES string of the molecule is CCC(C(=O)NC(C)C)N(Cc1ccc(OC)cc1)C(=O)COc1ccc(Cl)cc1. The summed E-state index contributed by atoms with van der Waals surface area (Å²) in [6, 6.07) is 13.6. The van der Waals surface area contributed by atoms with Crippen LogP contribution in [-0.2, 0) is 16.1 Å². The summed E-state index contributed by atoms with van der Waals surface area (Å²) < 4.78 is 10.8. The van der Waals surface area contributed by atoms with E-state index >= 15 is 0 Å². The van der Waals surface area contributed by atoms with Crippen LogP contribution in [0.5, 0.6) is 11.5 Å². The number of benzene rings is 2. The first kappa shape index (κ1) is 23.5. The van der Waals surface area contributed by atoms with Crippen molar-refractivity contribution in [2.45, 2.75) is 45.8 Å². The highest BCUT2D eigenvalue weighted by atomic mass is 35.5. The third-order valence-corrected chi connectivity index (χ3v) is 4.76. The first-order chi connectivity index (χ1) is 14.3. The minimum absolute atomic E-state index is 0.0187. The molecule has 0 saturated heterocycles. The second kappa shape index (κ2) is 11.5. The van der Waals surface area contributed by atoms with Crippen LogP contribution in [0.3, 0.4) is 0 Å². The van der Waals surface area contributed by atoms with Crippen LogP contribution in [0.2, 0.25) is 5.02 Å². The van der Waals surface area contributed by atoms with Crippen molar-refractivity contribution in [3.05, 3.63) is 59.1 Å². The molecule has 0 aliphatic carbocycles. The van der Waals surface area contributed by atoms with Crippen LogP contribution in [0, 0.1) is 0 Å². The zero-order valence-electron chi connectivity index (χ0n) is 17.9. The lowest BCUT2D eigenvalue weighted by molar-refractivity contribution is -0.143. The van der Waals surface area contributed by atoms with Gasteiger partial charge in [-0.05, 0) is 62.2 Å². The predicted octanol–water partition coefficient (Wildman–Crippen LogP) is 4.06. The van der Waals surface area contributed by atoms with E-state index < -0.39 is 6.04 Å². The Kier molecular flexibility index (Phi) is 8.99. The molecular formula is C23H29ClN2O4. The molecule has 2 aromatic rings. The van der Waals surface area contributed by atoms with E-state index in [1.807, 2.05) is 45.0 Å². The van der Waals surface area contributed by atoms with Crippen LogP contribution in [0.25, 0.3) is 0 Å². The van der Waals surface area contributed by atoms with Crippen LogP contribution >= 0.6 is 11.6 Å². The Morgan fingerprint density at radius 3 is 2.17 bits per heavy atom. The van der Waals surface area contributed by atoms with Crippen molar-refractivity contribution in [2.24, 2.45) is 0 Å². The van der Waals surface area contributed by atoms with Crippen molar-refractivity contribution in [1.82, 2.24) is 10.2 Å². The van der Waals surface area contributed by atoms with Crippen molar-refractivity contribution in [3.63, 3.8) is 0 Å². The number of carbonyl (C=O) groups excluding carboxylic acids is 2. The minimum atomic E-state index is -0.601. The second-order valence-electron chi connectivity index (χ2n) is 7.20. The first-order valence-corrected chi connectivity index (χ1v) is 10.3. The number of rotatable bonds is 10. The Bertz CT molecular complexity index is 822. The summed E-state index contributed by atoms with van der Waals surface area (Å²) in [6.07, 6.45) is 0.487. The maximum atomic E-state index is 13.1. The molecule has 0 radical (unpaired) electrons. The Labute approximate surface area is 183 Å². The van der Waals surface area contributed by atoms with Crippen molar-refractivity contribution in [2.75, 3.05) is 13.7 Å². The fraction of sp³-hybridized carbons (Fsp3) is 0.391. The van der Waals surface area contributed by atoms with E-state index in [0.29, 0.717) is 17.2 Å². The van der Waals surface area contributed by atoms with E-state index in [2.05, 4.69) is 5.32 Å². The van der Waals surface area contributed by atoms with Gasteiger partial charge in [0, 0.05) is 17.6 Å². The monoisotopic (exact) mass is 432 g/mol. The fourth-order valence-electron chi connectivity index (χ4n) is 2.99. The Morgan fingerprint density at radius 2 is 1.63 bits per heavy atom. The first-order valence-electron chi connectivity index (χ1n) is 9.95. The Balaban J connectivity index is 2.19. The van der Waals surface area contributed by atoms with Crippen molar-refractivity contribution in [1.29, 1.82) is 0 Å². The minimum Gasteiger partial charge on any atom is -0.497 e. The van der Waals surface area contributed by atoms with E-state index in [1.165, 1.54) is 0 Å². The van der Waals surface area contributed by atoms with Gasteiger partial charge in [-0.2, -0.15) is 0 Å². The zero-order chi connectivity index (χ0) is 22.1. The van der Waals surface area contributed by atoms with E-state index in [9.17, 15) is 9.59 Å². The number of ether oxygens (including phenoxy) is 2. The van der Waals surface area contributed by atoms with Gasteiger partial charge in [-0.3, -0.25) is 9.59 Å². The molecule has 162 valence electrons. The molecule has 7 heteroatoms. The van der Waals surface area contributed by atoms with Gasteiger partial charge in [0.25, 0.3) is 5.91 Å². The van der Waals surface area contributed by atoms with Crippen molar-refractivity contribution < 1.29 is 19.1 Å². The normalized spacial score (nSPS) is 11.7. The predicted molar refractivity (Wildman–Crippen MR) is 118 cm³/mol. The molecule has 1 unspecified atom stereocenters. The van der Waals surface area contributed by atoms with E-state index in [4.69, 9.17) is 21.1 Å². The van der Waals surface area contributed by atoms with Crippen LogP contribution in [0.1, 0.15) is 32.8 Å². The van der Waals surface area contributed by atoms with E-state index in [0.717, 1.165) is 11.3 Å². The molecule has 0 spiro atoms. The van der Waals surface area contributed by atoms with Gasteiger partial charge in [0.15, 0.2) is 6.61 Å². The van der Waals surface area contributed by atoms with Crippen LogP contribution in [-0.4, -0.2) is 42.5 Å². The average molecular weight is 433 g/mol. The number of nitrogens with zero attached hydrogens (tertiary/aromatic N) is 1. The molecule has 30 heavy (non-hydrogen) atoms. The topological polar surface area (TPSA) is 67.9 Å². The molecule has 2 aromatic carbocycles. The molecule has 0 aromatic heterocycles. The number of carbonyl (C=O) groups is 2. The van der Waals surface area contributed by atoms with Gasteiger partial charge >= 0.3 is 0 Å². The van der Waals surface area contributed by atoms with E-state index in [-0.39, 0.29) is 31.0 Å². The van der Waals surface area contributed by atoms with Gasteiger partial charge in [0.05, 0.1) is 7.11 Å². The standard InChI is InChI=1S/C23H29ClN2O4/c1-5-21(23(28)25-16(2)3)26(14-17-6-10-19(29-4)11-7-17)22(27)15-30-20-12-8-18(24)9-13-20/h6-13,16,21H,5,14-15H2,1-4H3,(H,25,28). The lowest BCUT2D eigenvalue weighted by atomic mass is 10.1. The second-order valence-corrected chi connectivity index (χ2v) is 7.64. The van der Waals surface area contributed by atoms with Gasteiger partial charge in [-0.1, -0.05) is 30.7 Å². The number of amides is 2. The quantitative estimate of drug-likeness (QED) is 0.614. The summed E-state index contributed by atoms with van der Waals surface area (Å²) in [5.41, 5.74) is 0.895. The number of hydrogen-bond acceptors (Lipinski definition) is 4. The van der Waals surface area contributed by atoms with Gasteiger partial charge in [0.1, 0.15) is 17.5 Å². The molecule has 0 heterocycles. The van der Waals surface area contributed by atoms with Crippen LogP contribution in [0.15, 0.2) is 48.5 Å². The molecule has 6 nitrogen and oxygen atoms in total. The van der Waals surface area contributed by atoms with Crippen molar-refractivity contribution in [3.8, 4) is 11.5 Å². The number of nitrogens with one attached hydrogen (secondary N) is 1. The molecule has 0 aliphatic rings. The maximum Gasteiger partial charge on any atom is 0.261 e. The third kappa shape index (κ3) is 6.95. The van der Waals surface area contributed by atoms with Gasteiger partial charge in [-0.25, -0.2) is 0 Å². The molecular weight excluding hydrogens is 404 g/mol. The number of halogens is 1. The summed E-state index contributed by atoms with van der Waals surface area (Å²) >= 11 is 5.89. The summed E-state index contributed by atoms with van der Waals surface area (Å²) in [6.45, 7) is 5.78. The fourth-order valence-corrected chi connectivity index (χ4v) is 3.11. The van der Waals surface area contributed by atoms with Crippen LogP contribution < -0.4 is 14.8 Å². The Morgan fingerprint density at radius 1 is 1.03 bits per heavy atom. The molecule has 0 aliphatic heterocycles. The molecule has 2 rings (SSSR count). The lowest BCUT2D eigenvalue weighted by Gasteiger charge is -2.31. The lowest BCUT2D eigenvalue weighted by Crippen LogP contribution is -2.51. The average Bonchev–Trinajstić information content (AvgIpc) is 2.73. The Hall–Kier alpha value is -2.73. The molecule has 0 bridgehead atoms. The smallest absolute Gasteiger partial charge is 0.261 e. The maximum absolute atomic E-state index is 13.1. The molecule has 0 saturated carbocycles. The molecule has 1 N–H and O–H groups in total. The van der Waals surface area contributed by atoms with Gasteiger partial charge in [0.2, 0.25) is 5.91 Å². The number of methoxy groups -OCH3 is 1. The summed E-state index contributed by atoms with van der Waals surface area (Å²) in [5.74, 6) is 0.816. The molecule has 1 atom stereocenters. The summed E-state index contributed by atoms with van der Waals surface area (Å²) in [7, 11) is 1.60. The number of hydrogen-bond donors (Lipinski definition) is 1. The summed E-state index contributed by atoms with van der Waals surface area (Å²) in [4.78, 5) is 27.4. The van der Waals surface area contributed by atoms with Gasteiger partial charge < -0.3 is 19.7 Å². The third-order valence-electron chi connectivity index (χ3n) is 4.50. The van der Waals surface area contributed by atoms with Gasteiger partial charge in [-0.15, -0.1) is 0 Å².